The highest BCUT2D eigenvalue weighted by Gasteiger charge is 2.39. The topological polar surface area (TPSA) is 58.6 Å². The van der Waals surface area contributed by atoms with E-state index in [9.17, 15) is 22.8 Å². The maximum atomic E-state index is 14.2. The first-order valence-corrected chi connectivity index (χ1v) is 12.6. The van der Waals surface area contributed by atoms with Crippen LogP contribution in [0.3, 0.4) is 0 Å². The van der Waals surface area contributed by atoms with E-state index in [1.54, 1.807) is 18.2 Å². The Bertz CT molecular complexity index is 1580. The number of nitrogens with zero attached hydrogens (tertiary/aromatic N) is 1. The maximum absolute atomic E-state index is 14.2. The molecule has 1 unspecified atom stereocenters. The van der Waals surface area contributed by atoms with Crippen molar-refractivity contribution in [1.82, 2.24) is 4.90 Å². The van der Waals surface area contributed by atoms with E-state index in [1.807, 2.05) is 56.3 Å². The monoisotopic (exact) mass is 532 g/mol. The molecule has 5 nitrogen and oxygen atoms in total. The number of carbonyl (C=O) groups is 2. The lowest BCUT2D eigenvalue weighted by atomic mass is 9.95. The normalized spacial score (nSPS) is 14.0. The standard InChI is InChI=1S/C31H27F3N2O3/c1-18(2)28(30(38)39-3)36-17-22-9-8-21(15-26(22)29(36)37)25-13-12-24(16-27(25)31(32,33)34)35-23-11-10-19-6-4-5-7-20(19)14-23/h4-16,18,28,35H,17H2,1-3H3. The number of methoxy groups -OCH3 is 1. The summed E-state index contributed by atoms with van der Waals surface area (Å²) in [4.78, 5) is 27.0. The van der Waals surface area contributed by atoms with Crippen molar-refractivity contribution in [3.8, 4) is 11.1 Å². The van der Waals surface area contributed by atoms with Gasteiger partial charge in [-0.25, -0.2) is 4.79 Å². The third-order valence-electron chi connectivity index (χ3n) is 7.03. The molecule has 4 aromatic rings. The number of carbonyl (C=O) groups excluding carboxylic acids is 2. The van der Waals surface area contributed by atoms with Crippen molar-refractivity contribution in [3.05, 3.63) is 95.6 Å². The van der Waals surface area contributed by atoms with Crippen LogP contribution in [-0.4, -0.2) is 29.9 Å². The molecule has 1 atom stereocenters. The first-order valence-electron chi connectivity index (χ1n) is 12.6. The van der Waals surface area contributed by atoms with E-state index in [2.05, 4.69) is 5.32 Å². The van der Waals surface area contributed by atoms with Crippen LogP contribution in [0.2, 0.25) is 0 Å². The minimum atomic E-state index is -4.63. The van der Waals surface area contributed by atoms with E-state index in [1.165, 1.54) is 24.1 Å². The molecule has 1 amide bonds. The highest BCUT2D eigenvalue weighted by Crippen LogP contribution is 2.40. The summed E-state index contributed by atoms with van der Waals surface area (Å²) in [5.74, 6) is -1.13. The van der Waals surface area contributed by atoms with E-state index in [4.69, 9.17) is 4.74 Å². The number of fused-ring (bicyclic) bond motifs is 2. The summed E-state index contributed by atoms with van der Waals surface area (Å²) < 4.78 is 47.6. The van der Waals surface area contributed by atoms with Crippen molar-refractivity contribution in [3.63, 3.8) is 0 Å². The number of nitrogens with one attached hydrogen (secondary N) is 1. The van der Waals surface area contributed by atoms with E-state index < -0.39 is 29.7 Å². The van der Waals surface area contributed by atoms with Gasteiger partial charge in [0.1, 0.15) is 6.04 Å². The number of ether oxygens (including phenoxy) is 1. The SMILES string of the molecule is COC(=O)C(C(C)C)N1Cc2ccc(-c3ccc(Nc4ccc5ccccc5c4)cc3C(F)(F)F)cc2C1=O. The Hall–Kier alpha value is -4.33. The van der Waals surface area contributed by atoms with Crippen LogP contribution in [0.4, 0.5) is 24.5 Å². The van der Waals surface area contributed by atoms with E-state index in [-0.39, 0.29) is 29.2 Å². The summed E-state index contributed by atoms with van der Waals surface area (Å²) >= 11 is 0. The van der Waals surface area contributed by atoms with Crippen LogP contribution < -0.4 is 5.32 Å². The molecule has 0 saturated heterocycles. The molecule has 0 aliphatic carbocycles. The average molecular weight is 533 g/mol. The zero-order valence-electron chi connectivity index (χ0n) is 21.7. The molecule has 1 aliphatic heterocycles. The molecular formula is C31H27F3N2O3. The number of esters is 1. The highest BCUT2D eigenvalue weighted by molar-refractivity contribution is 6.01. The number of halogens is 3. The molecule has 0 spiro atoms. The molecular weight excluding hydrogens is 505 g/mol. The van der Waals surface area contributed by atoms with Crippen molar-refractivity contribution >= 4 is 34.0 Å². The van der Waals surface area contributed by atoms with Gasteiger partial charge in [-0.2, -0.15) is 13.2 Å². The van der Waals surface area contributed by atoms with Gasteiger partial charge in [0.15, 0.2) is 0 Å². The fourth-order valence-electron chi connectivity index (χ4n) is 5.14. The van der Waals surface area contributed by atoms with E-state index >= 15 is 0 Å². The number of anilines is 2. The van der Waals surface area contributed by atoms with Crippen molar-refractivity contribution in [2.45, 2.75) is 32.6 Å². The summed E-state index contributed by atoms with van der Waals surface area (Å²) in [6.45, 7) is 3.81. The summed E-state index contributed by atoms with van der Waals surface area (Å²) in [5.41, 5.74) is 1.33. The second-order valence-corrected chi connectivity index (χ2v) is 9.96. The van der Waals surface area contributed by atoms with Gasteiger partial charge in [0.25, 0.3) is 5.91 Å². The Morgan fingerprint density at radius 1 is 0.897 bits per heavy atom. The molecule has 8 heteroatoms. The molecule has 200 valence electrons. The van der Waals surface area contributed by atoms with E-state index in [0.717, 1.165) is 16.8 Å². The number of rotatable bonds is 6. The van der Waals surface area contributed by atoms with Gasteiger partial charge >= 0.3 is 12.1 Å². The van der Waals surface area contributed by atoms with Crippen molar-refractivity contribution < 1.29 is 27.5 Å². The molecule has 0 fully saturated rings. The van der Waals surface area contributed by atoms with Crippen molar-refractivity contribution in [1.29, 1.82) is 0 Å². The molecule has 1 heterocycles. The second-order valence-electron chi connectivity index (χ2n) is 9.96. The van der Waals surface area contributed by atoms with Crippen LogP contribution >= 0.6 is 0 Å². The van der Waals surface area contributed by atoms with E-state index in [0.29, 0.717) is 16.9 Å². The zero-order chi connectivity index (χ0) is 27.9. The number of hydrogen-bond donors (Lipinski definition) is 1. The maximum Gasteiger partial charge on any atom is 0.417 e. The summed E-state index contributed by atoms with van der Waals surface area (Å²) in [6.07, 6.45) is -4.63. The lowest BCUT2D eigenvalue weighted by molar-refractivity contribution is -0.147. The number of amides is 1. The largest absolute Gasteiger partial charge is 0.467 e. The van der Waals surface area contributed by atoms with Gasteiger partial charge < -0.3 is 15.0 Å². The predicted octanol–water partition coefficient (Wildman–Crippen LogP) is 7.42. The average Bonchev–Trinajstić information content (AvgIpc) is 3.23. The Labute approximate surface area is 224 Å². The van der Waals surface area contributed by atoms with Crippen LogP contribution in [-0.2, 0) is 22.3 Å². The van der Waals surface area contributed by atoms with Gasteiger partial charge in [0.2, 0.25) is 0 Å². The van der Waals surface area contributed by atoms with Gasteiger partial charge in [0.05, 0.1) is 12.7 Å². The van der Waals surface area contributed by atoms with Gasteiger partial charge in [0, 0.05) is 23.5 Å². The van der Waals surface area contributed by atoms with Crippen LogP contribution in [0.1, 0.15) is 35.3 Å². The van der Waals surface area contributed by atoms with Crippen molar-refractivity contribution in [2.75, 3.05) is 12.4 Å². The van der Waals surface area contributed by atoms with Crippen LogP contribution in [0.15, 0.2) is 78.9 Å². The van der Waals surface area contributed by atoms with Crippen LogP contribution in [0.25, 0.3) is 21.9 Å². The Morgan fingerprint density at radius 3 is 2.28 bits per heavy atom. The molecule has 0 radical (unpaired) electrons. The molecule has 4 aromatic carbocycles. The first-order chi connectivity index (χ1) is 18.6. The minimum absolute atomic E-state index is 0.0333. The fourth-order valence-corrected chi connectivity index (χ4v) is 5.14. The Morgan fingerprint density at radius 2 is 1.59 bits per heavy atom. The second kappa shape index (κ2) is 10.1. The molecule has 39 heavy (non-hydrogen) atoms. The lowest BCUT2D eigenvalue weighted by Gasteiger charge is -2.28. The van der Waals surface area contributed by atoms with Crippen LogP contribution in [0, 0.1) is 5.92 Å². The molecule has 0 aromatic heterocycles. The lowest BCUT2D eigenvalue weighted by Crippen LogP contribution is -2.45. The summed E-state index contributed by atoms with van der Waals surface area (Å²) in [6, 6.07) is 21.4. The Balaban J connectivity index is 1.48. The Kier molecular flexibility index (Phi) is 6.80. The summed E-state index contributed by atoms with van der Waals surface area (Å²) in [5, 5.41) is 5.08. The number of alkyl halides is 3. The number of benzene rings is 4. The fraction of sp³-hybridized carbons (Fsp3) is 0.226. The molecule has 1 aliphatic rings. The van der Waals surface area contributed by atoms with Gasteiger partial charge in [-0.1, -0.05) is 62.4 Å². The number of hydrogen-bond acceptors (Lipinski definition) is 4. The molecule has 5 rings (SSSR count). The molecule has 1 N–H and O–H groups in total. The predicted molar refractivity (Wildman–Crippen MR) is 145 cm³/mol. The minimum Gasteiger partial charge on any atom is -0.467 e. The summed E-state index contributed by atoms with van der Waals surface area (Å²) in [7, 11) is 1.26. The van der Waals surface area contributed by atoms with Gasteiger partial charge in [-0.15, -0.1) is 0 Å². The van der Waals surface area contributed by atoms with Gasteiger partial charge in [-0.3, -0.25) is 4.79 Å². The quantitative estimate of drug-likeness (QED) is 0.263. The third kappa shape index (κ3) is 5.06. The third-order valence-corrected chi connectivity index (χ3v) is 7.03. The van der Waals surface area contributed by atoms with Crippen molar-refractivity contribution in [2.24, 2.45) is 5.92 Å². The highest BCUT2D eigenvalue weighted by atomic mass is 19.4. The smallest absolute Gasteiger partial charge is 0.417 e. The molecule has 0 saturated carbocycles. The molecule has 0 bridgehead atoms. The van der Waals surface area contributed by atoms with Gasteiger partial charge in [-0.05, 0) is 63.7 Å². The zero-order valence-corrected chi connectivity index (χ0v) is 21.7. The first kappa shape index (κ1) is 26.3. The van der Waals surface area contributed by atoms with Crippen LogP contribution in [0.5, 0.6) is 0 Å².